The molecular formula is C14H18O4. The molecule has 0 radical (unpaired) electrons. The third-order valence-electron chi connectivity index (χ3n) is 2.91. The maximum atomic E-state index is 11.1. The highest BCUT2D eigenvalue weighted by Crippen LogP contribution is 2.15. The fraction of sp³-hybridized carbons (Fsp3) is 0.429. The number of Topliss-reactive ketones (excluding diaryl/α,β-unsaturated/α-hetero) is 1. The number of ketones is 1. The number of ether oxygens (including phenoxy) is 1. The molecule has 0 heterocycles. The van der Waals surface area contributed by atoms with Crippen LogP contribution in [0, 0.1) is 5.92 Å². The molecule has 0 bridgehead atoms. The van der Waals surface area contributed by atoms with Crippen molar-refractivity contribution in [2.45, 2.75) is 26.2 Å². The minimum Gasteiger partial charge on any atom is -0.497 e. The third-order valence-corrected chi connectivity index (χ3v) is 2.91. The van der Waals surface area contributed by atoms with Gasteiger partial charge in [0, 0.05) is 0 Å². The predicted molar refractivity (Wildman–Crippen MR) is 67.7 cm³/mol. The second-order valence-electron chi connectivity index (χ2n) is 4.24. The number of benzene rings is 1. The van der Waals surface area contributed by atoms with Crippen LogP contribution in [-0.2, 0) is 16.0 Å². The summed E-state index contributed by atoms with van der Waals surface area (Å²) in [7, 11) is 1.61. The van der Waals surface area contributed by atoms with Crippen LogP contribution in [0.3, 0.4) is 0 Å². The highest BCUT2D eigenvalue weighted by molar-refractivity contribution is 5.96. The van der Waals surface area contributed by atoms with Gasteiger partial charge < -0.3 is 9.84 Å². The molecule has 0 aliphatic heterocycles. The first-order valence-corrected chi connectivity index (χ1v) is 5.90. The van der Waals surface area contributed by atoms with Crippen LogP contribution in [0.2, 0.25) is 0 Å². The first-order chi connectivity index (χ1) is 8.54. The van der Waals surface area contributed by atoms with Crippen molar-refractivity contribution in [1.82, 2.24) is 0 Å². The summed E-state index contributed by atoms with van der Waals surface area (Å²) in [5.41, 5.74) is 1.11. The summed E-state index contributed by atoms with van der Waals surface area (Å²) in [6.45, 7) is 1.33. The van der Waals surface area contributed by atoms with Gasteiger partial charge in [0.25, 0.3) is 0 Å². The number of aliphatic carboxylic acids is 1. The van der Waals surface area contributed by atoms with E-state index in [9.17, 15) is 9.59 Å². The Bertz CT molecular complexity index is 394. The lowest BCUT2D eigenvalue weighted by molar-refractivity contribution is -0.146. The summed E-state index contributed by atoms with van der Waals surface area (Å²) < 4.78 is 5.05. The van der Waals surface area contributed by atoms with Gasteiger partial charge in [-0.25, -0.2) is 0 Å². The zero-order valence-electron chi connectivity index (χ0n) is 10.7. The van der Waals surface area contributed by atoms with Crippen LogP contribution in [0.25, 0.3) is 0 Å². The molecule has 4 heteroatoms. The molecule has 1 N–H and O–H groups in total. The highest BCUT2D eigenvalue weighted by Gasteiger charge is 2.21. The van der Waals surface area contributed by atoms with Crippen LogP contribution in [0.1, 0.15) is 25.3 Å². The van der Waals surface area contributed by atoms with Crippen molar-refractivity contribution in [1.29, 1.82) is 0 Å². The number of methoxy groups -OCH3 is 1. The number of rotatable bonds is 7. The smallest absolute Gasteiger partial charge is 0.314 e. The molecule has 0 fully saturated rings. The van der Waals surface area contributed by atoms with E-state index in [4.69, 9.17) is 9.84 Å². The Labute approximate surface area is 107 Å². The molecule has 4 nitrogen and oxygen atoms in total. The Balaban J connectivity index is 2.45. The molecule has 1 rings (SSSR count). The Hall–Kier alpha value is -1.84. The van der Waals surface area contributed by atoms with E-state index >= 15 is 0 Å². The van der Waals surface area contributed by atoms with E-state index in [1.165, 1.54) is 6.92 Å². The zero-order valence-corrected chi connectivity index (χ0v) is 10.7. The average molecular weight is 250 g/mol. The largest absolute Gasteiger partial charge is 0.497 e. The molecule has 1 aromatic carbocycles. The molecule has 0 aromatic heterocycles. The molecule has 1 aromatic rings. The first kappa shape index (κ1) is 14.2. The summed E-state index contributed by atoms with van der Waals surface area (Å²) in [5, 5.41) is 8.87. The number of carboxylic acids is 1. The first-order valence-electron chi connectivity index (χ1n) is 5.90. The van der Waals surface area contributed by atoms with Crippen LogP contribution in [-0.4, -0.2) is 24.0 Å². The molecule has 18 heavy (non-hydrogen) atoms. The molecule has 1 atom stereocenters. The Morgan fingerprint density at radius 3 is 2.33 bits per heavy atom. The van der Waals surface area contributed by atoms with Gasteiger partial charge in [0.15, 0.2) is 0 Å². The van der Waals surface area contributed by atoms with Crippen LogP contribution < -0.4 is 4.74 Å². The highest BCUT2D eigenvalue weighted by atomic mass is 16.5. The molecule has 0 aliphatic carbocycles. The lowest BCUT2D eigenvalue weighted by Crippen LogP contribution is -2.21. The van der Waals surface area contributed by atoms with Crippen molar-refractivity contribution in [3.8, 4) is 5.75 Å². The van der Waals surface area contributed by atoms with Gasteiger partial charge in [0.2, 0.25) is 0 Å². The van der Waals surface area contributed by atoms with E-state index in [0.29, 0.717) is 12.8 Å². The zero-order chi connectivity index (χ0) is 13.5. The minimum absolute atomic E-state index is 0.280. The van der Waals surface area contributed by atoms with Gasteiger partial charge in [-0.05, 0) is 43.9 Å². The van der Waals surface area contributed by atoms with E-state index in [1.54, 1.807) is 7.11 Å². The monoisotopic (exact) mass is 250 g/mol. The molecule has 0 aliphatic rings. The maximum absolute atomic E-state index is 11.1. The van der Waals surface area contributed by atoms with Crippen molar-refractivity contribution in [2.24, 2.45) is 5.92 Å². The number of carbonyl (C=O) groups is 2. The van der Waals surface area contributed by atoms with Gasteiger partial charge in [-0.1, -0.05) is 12.1 Å². The summed E-state index contributed by atoms with van der Waals surface area (Å²) in [6, 6.07) is 7.63. The van der Waals surface area contributed by atoms with Gasteiger partial charge in [0.1, 0.15) is 17.5 Å². The van der Waals surface area contributed by atoms with E-state index in [1.807, 2.05) is 24.3 Å². The van der Waals surface area contributed by atoms with Crippen LogP contribution in [0.15, 0.2) is 24.3 Å². The second-order valence-corrected chi connectivity index (χ2v) is 4.24. The number of hydrogen-bond donors (Lipinski definition) is 1. The van der Waals surface area contributed by atoms with Gasteiger partial charge in [0.05, 0.1) is 7.11 Å². The number of hydrogen-bond acceptors (Lipinski definition) is 3. The maximum Gasteiger partial charge on any atom is 0.314 e. The Morgan fingerprint density at radius 1 is 1.28 bits per heavy atom. The van der Waals surface area contributed by atoms with E-state index < -0.39 is 11.9 Å². The summed E-state index contributed by atoms with van der Waals surface area (Å²) in [5.74, 6) is -1.39. The van der Waals surface area contributed by atoms with Crippen LogP contribution in [0.5, 0.6) is 5.75 Å². The molecule has 0 spiro atoms. The van der Waals surface area contributed by atoms with Crippen LogP contribution in [0.4, 0.5) is 0 Å². The molecular weight excluding hydrogens is 232 g/mol. The molecule has 1 unspecified atom stereocenters. The van der Waals surface area contributed by atoms with Crippen molar-refractivity contribution in [3.63, 3.8) is 0 Å². The van der Waals surface area contributed by atoms with Crippen LogP contribution >= 0.6 is 0 Å². The van der Waals surface area contributed by atoms with E-state index in [0.717, 1.165) is 17.7 Å². The fourth-order valence-electron chi connectivity index (χ4n) is 1.80. The van der Waals surface area contributed by atoms with Gasteiger partial charge in [-0.15, -0.1) is 0 Å². The lowest BCUT2D eigenvalue weighted by Gasteiger charge is -2.08. The fourth-order valence-corrected chi connectivity index (χ4v) is 1.80. The molecule has 0 saturated heterocycles. The topological polar surface area (TPSA) is 63.6 Å². The molecule has 0 saturated carbocycles. The van der Waals surface area contributed by atoms with Crippen molar-refractivity contribution < 1.29 is 19.4 Å². The quantitative estimate of drug-likeness (QED) is 0.754. The average Bonchev–Trinajstić information content (AvgIpc) is 2.34. The summed E-state index contributed by atoms with van der Waals surface area (Å²) >= 11 is 0. The molecule has 98 valence electrons. The van der Waals surface area contributed by atoms with Gasteiger partial charge in [-0.3, -0.25) is 9.59 Å². The van der Waals surface area contributed by atoms with Gasteiger partial charge in [-0.2, -0.15) is 0 Å². The van der Waals surface area contributed by atoms with Crippen molar-refractivity contribution in [3.05, 3.63) is 29.8 Å². The number of carbonyl (C=O) groups excluding carboxylic acids is 1. The van der Waals surface area contributed by atoms with Crippen molar-refractivity contribution in [2.75, 3.05) is 7.11 Å². The Morgan fingerprint density at radius 2 is 1.89 bits per heavy atom. The minimum atomic E-state index is -1.03. The van der Waals surface area contributed by atoms with E-state index in [2.05, 4.69) is 0 Å². The summed E-state index contributed by atoms with van der Waals surface area (Å²) in [4.78, 5) is 21.9. The predicted octanol–water partition coefficient (Wildman–Crippen LogP) is 2.31. The van der Waals surface area contributed by atoms with E-state index in [-0.39, 0.29) is 5.78 Å². The van der Waals surface area contributed by atoms with Gasteiger partial charge >= 0.3 is 5.97 Å². The standard InChI is InChI=1S/C14H18O4/c1-10(15)13(14(16)17)5-3-4-11-6-8-12(18-2)9-7-11/h6-9,13H,3-5H2,1-2H3,(H,16,17). The number of carboxylic acid groups (broad SMARTS) is 1. The number of aryl methyl sites for hydroxylation is 1. The van der Waals surface area contributed by atoms with Crippen molar-refractivity contribution >= 4 is 11.8 Å². The molecule has 0 amide bonds. The third kappa shape index (κ3) is 4.20. The lowest BCUT2D eigenvalue weighted by atomic mass is 9.96. The Kier molecular flexibility index (Phi) is 5.36. The summed E-state index contributed by atoms with van der Waals surface area (Å²) in [6.07, 6.45) is 1.83. The second kappa shape index (κ2) is 6.79. The normalized spacial score (nSPS) is 11.9. The SMILES string of the molecule is COc1ccc(CCCC(C(C)=O)C(=O)O)cc1.